The van der Waals surface area contributed by atoms with Crippen LogP contribution < -0.4 is 10.3 Å². The number of H-pyrrole nitrogens is 1. The average Bonchev–Trinajstić information content (AvgIpc) is 3.58. The quantitative estimate of drug-likeness (QED) is 0.248. The molecule has 0 bridgehead atoms. The Morgan fingerprint density at radius 2 is 2.12 bits per heavy atom. The normalized spacial score (nSPS) is 11.2. The van der Waals surface area contributed by atoms with Gasteiger partial charge in [0.15, 0.2) is 11.0 Å². The highest BCUT2D eigenvalue weighted by Gasteiger charge is 2.18. The van der Waals surface area contributed by atoms with Crippen LogP contribution in [0, 0.1) is 0 Å². The van der Waals surface area contributed by atoms with E-state index < -0.39 is 0 Å². The molecule has 0 amide bonds. The minimum atomic E-state index is -0.189. The monoisotopic (exact) mass is 477 g/mol. The fourth-order valence-corrected chi connectivity index (χ4v) is 5.29. The van der Waals surface area contributed by atoms with Crippen molar-refractivity contribution in [2.24, 2.45) is 0 Å². The van der Waals surface area contributed by atoms with Gasteiger partial charge in [-0.15, -0.1) is 28.1 Å². The van der Waals surface area contributed by atoms with Gasteiger partial charge in [0.05, 0.1) is 30.1 Å². The molecule has 0 fully saturated rings. The Bertz CT molecular complexity index is 1480. The summed E-state index contributed by atoms with van der Waals surface area (Å²) in [6.45, 7) is 4.39. The summed E-state index contributed by atoms with van der Waals surface area (Å²) in [6, 6.07) is 11.3. The first-order chi connectivity index (χ1) is 16.2. The Morgan fingerprint density at radius 3 is 2.91 bits per heavy atom. The van der Waals surface area contributed by atoms with E-state index in [2.05, 4.69) is 26.7 Å². The smallest absolute Gasteiger partial charge is 0.260 e. The molecule has 5 aromatic rings. The number of hydrogen-bond donors (Lipinski definition) is 1. The molecule has 0 saturated heterocycles. The molecule has 8 nitrogen and oxygen atoms in total. The van der Waals surface area contributed by atoms with Gasteiger partial charge in [-0.25, -0.2) is 4.98 Å². The summed E-state index contributed by atoms with van der Waals surface area (Å²) in [5.41, 5.74) is 1.41. The molecule has 33 heavy (non-hydrogen) atoms. The summed E-state index contributed by atoms with van der Waals surface area (Å²) in [5.74, 6) is 3.05. The molecule has 10 heteroatoms. The molecule has 0 saturated carbocycles. The van der Waals surface area contributed by atoms with Crippen molar-refractivity contribution in [3.63, 3.8) is 0 Å². The van der Waals surface area contributed by atoms with Crippen molar-refractivity contribution in [1.29, 1.82) is 0 Å². The Kier molecular flexibility index (Phi) is 5.84. The minimum Gasteiger partial charge on any atom is -0.496 e. The summed E-state index contributed by atoms with van der Waals surface area (Å²) in [4.78, 5) is 21.0. The van der Waals surface area contributed by atoms with Crippen LogP contribution in [0.15, 0.2) is 75.1 Å². The lowest BCUT2D eigenvalue weighted by Crippen LogP contribution is -2.11. The number of nitrogens with one attached hydrogen (secondary N) is 1. The largest absolute Gasteiger partial charge is 0.496 e. The zero-order valence-electron chi connectivity index (χ0n) is 17.6. The number of thioether (sulfide) groups is 1. The Labute approximate surface area is 197 Å². The number of thiophene rings is 1. The topological polar surface area (TPSA) is 98.8 Å². The Morgan fingerprint density at radius 1 is 1.24 bits per heavy atom. The van der Waals surface area contributed by atoms with E-state index in [-0.39, 0.29) is 5.56 Å². The van der Waals surface area contributed by atoms with Crippen LogP contribution in [0.3, 0.4) is 0 Å². The van der Waals surface area contributed by atoms with Crippen LogP contribution in [0.4, 0.5) is 0 Å². The summed E-state index contributed by atoms with van der Waals surface area (Å²) in [6.07, 6.45) is 3.38. The number of aromatic nitrogens is 5. The van der Waals surface area contributed by atoms with Crippen molar-refractivity contribution in [3.05, 3.63) is 76.9 Å². The third-order valence-electron chi connectivity index (χ3n) is 4.99. The number of fused-ring (bicyclic) bond motifs is 1. The molecule has 1 aromatic carbocycles. The van der Waals surface area contributed by atoms with Crippen LogP contribution in [0.5, 0.6) is 5.75 Å². The second-order valence-corrected chi connectivity index (χ2v) is 8.81. The zero-order valence-corrected chi connectivity index (χ0v) is 19.3. The standard InChI is InChI=1S/C23H19N5O3S2/c1-3-10-28-20(14-7-4-5-8-16(14)30-2)26-27-23(28)33-13-18-24-21(29)19-15(12-32-22(19)25-18)17-9-6-11-31-17/h3-9,11-12H,1,10,13H2,2H3,(H,24,25,29). The van der Waals surface area contributed by atoms with Crippen molar-refractivity contribution >= 4 is 33.3 Å². The van der Waals surface area contributed by atoms with E-state index in [1.807, 2.05) is 40.3 Å². The molecule has 0 radical (unpaired) electrons. The number of furan rings is 1. The first-order valence-corrected chi connectivity index (χ1v) is 11.9. The number of allylic oxidation sites excluding steroid dienone is 1. The molecule has 0 aliphatic carbocycles. The van der Waals surface area contributed by atoms with E-state index >= 15 is 0 Å². The number of benzene rings is 1. The average molecular weight is 478 g/mol. The number of rotatable bonds is 8. The van der Waals surface area contributed by atoms with Crippen molar-refractivity contribution in [3.8, 4) is 28.5 Å². The molecular formula is C23H19N5O3S2. The number of methoxy groups -OCH3 is 1. The molecule has 4 heterocycles. The van der Waals surface area contributed by atoms with E-state index in [0.29, 0.717) is 50.8 Å². The molecular weight excluding hydrogens is 458 g/mol. The molecule has 0 aliphatic heterocycles. The number of nitrogens with zero attached hydrogens (tertiary/aromatic N) is 4. The Hall–Kier alpha value is -3.63. The van der Waals surface area contributed by atoms with Gasteiger partial charge in [0, 0.05) is 17.5 Å². The molecule has 166 valence electrons. The fraction of sp³-hybridized carbons (Fsp3) is 0.130. The fourth-order valence-electron chi connectivity index (χ4n) is 3.53. The summed E-state index contributed by atoms with van der Waals surface area (Å²) in [7, 11) is 1.63. The van der Waals surface area contributed by atoms with Gasteiger partial charge in [0.25, 0.3) is 5.56 Å². The van der Waals surface area contributed by atoms with Crippen LogP contribution in [0.1, 0.15) is 5.82 Å². The summed E-state index contributed by atoms with van der Waals surface area (Å²) in [5, 5.41) is 11.9. The summed E-state index contributed by atoms with van der Waals surface area (Å²) < 4.78 is 12.9. The highest BCUT2D eigenvalue weighted by molar-refractivity contribution is 7.98. The van der Waals surface area contributed by atoms with Crippen molar-refractivity contribution in [2.75, 3.05) is 7.11 Å². The van der Waals surface area contributed by atoms with Gasteiger partial charge >= 0.3 is 0 Å². The van der Waals surface area contributed by atoms with E-state index in [1.165, 1.54) is 23.1 Å². The van der Waals surface area contributed by atoms with E-state index in [0.717, 1.165) is 11.1 Å². The first kappa shape index (κ1) is 21.2. The van der Waals surface area contributed by atoms with Crippen LogP contribution >= 0.6 is 23.1 Å². The number of hydrogen-bond acceptors (Lipinski definition) is 8. The molecule has 4 aromatic heterocycles. The molecule has 0 atom stereocenters. The van der Waals surface area contributed by atoms with Gasteiger partial charge < -0.3 is 14.1 Å². The van der Waals surface area contributed by atoms with Crippen LogP contribution in [0.25, 0.3) is 32.9 Å². The van der Waals surface area contributed by atoms with Crippen molar-refractivity contribution in [2.45, 2.75) is 17.5 Å². The van der Waals surface area contributed by atoms with E-state index in [9.17, 15) is 4.79 Å². The molecule has 0 unspecified atom stereocenters. The lowest BCUT2D eigenvalue weighted by atomic mass is 10.2. The summed E-state index contributed by atoms with van der Waals surface area (Å²) >= 11 is 2.86. The maximum absolute atomic E-state index is 12.8. The minimum absolute atomic E-state index is 0.189. The first-order valence-electron chi connectivity index (χ1n) is 10.0. The van der Waals surface area contributed by atoms with E-state index in [1.54, 1.807) is 25.5 Å². The van der Waals surface area contributed by atoms with Gasteiger partial charge in [-0.1, -0.05) is 30.0 Å². The van der Waals surface area contributed by atoms with Gasteiger partial charge in [-0.05, 0) is 24.3 Å². The van der Waals surface area contributed by atoms with Crippen LogP contribution in [-0.2, 0) is 12.3 Å². The SMILES string of the molecule is C=CCn1c(SCc2nc3scc(-c4ccco4)c3c(=O)[nH]2)nnc1-c1ccccc1OC. The Balaban J connectivity index is 1.44. The lowest BCUT2D eigenvalue weighted by molar-refractivity contribution is 0.416. The number of aromatic amines is 1. The molecule has 1 N–H and O–H groups in total. The highest BCUT2D eigenvalue weighted by atomic mass is 32.2. The van der Waals surface area contributed by atoms with Gasteiger partial charge in [0.1, 0.15) is 22.2 Å². The van der Waals surface area contributed by atoms with Gasteiger partial charge in [0.2, 0.25) is 0 Å². The lowest BCUT2D eigenvalue weighted by Gasteiger charge is -2.10. The second kappa shape index (κ2) is 9.08. The molecule has 0 aliphatic rings. The van der Waals surface area contributed by atoms with Crippen molar-refractivity contribution < 1.29 is 9.15 Å². The molecule has 0 spiro atoms. The maximum atomic E-state index is 12.8. The number of ether oxygens (including phenoxy) is 1. The third-order valence-corrected chi connectivity index (χ3v) is 6.84. The van der Waals surface area contributed by atoms with Crippen molar-refractivity contribution in [1.82, 2.24) is 24.7 Å². The predicted molar refractivity (Wildman–Crippen MR) is 130 cm³/mol. The van der Waals surface area contributed by atoms with E-state index in [4.69, 9.17) is 9.15 Å². The van der Waals surface area contributed by atoms with Gasteiger partial charge in [-0.2, -0.15) is 0 Å². The third kappa shape index (κ3) is 3.98. The van der Waals surface area contributed by atoms with Crippen LogP contribution in [0.2, 0.25) is 0 Å². The zero-order chi connectivity index (χ0) is 22.8. The predicted octanol–water partition coefficient (Wildman–Crippen LogP) is 4.99. The van der Waals surface area contributed by atoms with Crippen LogP contribution in [-0.4, -0.2) is 31.8 Å². The molecule has 5 rings (SSSR count). The number of para-hydroxylation sites is 1. The highest BCUT2D eigenvalue weighted by Crippen LogP contribution is 2.33. The van der Waals surface area contributed by atoms with Gasteiger partial charge in [-0.3, -0.25) is 9.36 Å². The second-order valence-electron chi connectivity index (χ2n) is 7.01. The maximum Gasteiger partial charge on any atom is 0.260 e.